The number of hydrogen-bond acceptors (Lipinski definition) is 8. The van der Waals surface area contributed by atoms with Crippen molar-refractivity contribution >= 4 is 17.5 Å². The molecule has 3 aromatic heterocycles. The molecule has 1 saturated heterocycles. The van der Waals surface area contributed by atoms with Gasteiger partial charge in [-0.1, -0.05) is 0 Å². The summed E-state index contributed by atoms with van der Waals surface area (Å²) < 4.78 is 11.0. The first-order valence-corrected chi connectivity index (χ1v) is 10.4. The molecule has 0 radical (unpaired) electrons. The van der Waals surface area contributed by atoms with Crippen molar-refractivity contribution < 1.29 is 18.4 Å². The van der Waals surface area contributed by atoms with Crippen LogP contribution in [0.15, 0.2) is 69.3 Å². The van der Waals surface area contributed by atoms with E-state index in [2.05, 4.69) is 15.1 Å². The van der Waals surface area contributed by atoms with Gasteiger partial charge < -0.3 is 13.7 Å². The second-order valence-corrected chi connectivity index (χ2v) is 7.66. The van der Waals surface area contributed by atoms with E-state index in [0.717, 1.165) is 0 Å². The molecule has 32 heavy (non-hydrogen) atoms. The van der Waals surface area contributed by atoms with Crippen molar-refractivity contribution in [2.24, 2.45) is 5.10 Å². The highest BCUT2D eigenvalue weighted by Gasteiger charge is 2.36. The van der Waals surface area contributed by atoms with Crippen LogP contribution in [0.3, 0.4) is 0 Å². The number of carbonyl (C=O) groups is 2. The summed E-state index contributed by atoms with van der Waals surface area (Å²) in [5, 5.41) is 6.05. The Hall–Kier alpha value is -3.79. The molecule has 0 aliphatic carbocycles. The Morgan fingerprint density at radius 1 is 1.03 bits per heavy atom. The number of carbonyl (C=O) groups excluding carboxylic acids is 2. The standard InChI is InChI=1S/C22H22N6O4/c29-21(15-26-7-9-27(10-8-26)22(30)17-14-23-5-6-24-17)28-18(20-4-2-12-32-20)13-16(25-28)19-3-1-11-31-19/h1-6,11-12,14,18H,7-10,13,15H2. The average Bonchev–Trinajstić information content (AvgIpc) is 3.61. The molecule has 0 N–H and O–H groups in total. The topological polar surface area (TPSA) is 108 Å². The molecule has 2 amide bonds. The Labute approximate surface area is 184 Å². The van der Waals surface area contributed by atoms with Gasteiger partial charge in [-0.3, -0.25) is 19.5 Å². The number of amides is 2. The predicted molar refractivity (Wildman–Crippen MR) is 113 cm³/mol. The van der Waals surface area contributed by atoms with E-state index in [-0.39, 0.29) is 24.4 Å². The second kappa shape index (κ2) is 8.75. The van der Waals surface area contributed by atoms with Crippen molar-refractivity contribution in [3.63, 3.8) is 0 Å². The zero-order valence-corrected chi connectivity index (χ0v) is 17.3. The van der Waals surface area contributed by atoms with Crippen molar-refractivity contribution in [1.29, 1.82) is 0 Å². The molecule has 0 bridgehead atoms. The highest BCUT2D eigenvalue weighted by molar-refractivity contribution is 6.01. The molecule has 5 heterocycles. The summed E-state index contributed by atoms with van der Waals surface area (Å²) >= 11 is 0. The van der Waals surface area contributed by atoms with Crippen LogP contribution in [0.5, 0.6) is 0 Å². The molecule has 2 aliphatic heterocycles. The van der Waals surface area contributed by atoms with Gasteiger partial charge in [-0.15, -0.1) is 0 Å². The molecule has 0 aromatic carbocycles. The Balaban J connectivity index is 1.23. The molecule has 3 aromatic rings. The van der Waals surface area contributed by atoms with Crippen LogP contribution in [-0.2, 0) is 4.79 Å². The smallest absolute Gasteiger partial charge is 0.274 e. The summed E-state index contributed by atoms with van der Waals surface area (Å²) in [7, 11) is 0. The van der Waals surface area contributed by atoms with Crippen molar-refractivity contribution in [1.82, 2.24) is 24.8 Å². The normalized spacial score (nSPS) is 19.2. The van der Waals surface area contributed by atoms with E-state index in [0.29, 0.717) is 55.5 Å². The highest BCUT2D eigenvalue weighted by atomic mass is 16.3. The van der Waals surface area contributed by atoms with Crippen molar-refractivity contribution in [3.8, 4) is 0 Å². The van der Waals surface area contributed by atoms with E-state index in [9.17, 15) is 9.59 Å². The summed E-state index contributed by atoms with van der Waals surface area (Å²) in [5.41, 5.74) is 1.04. The predicted octanol–water partition coefficient (Wildman–Crippen LogP) is 1.80. The second-order valence-electron chi connectivity index (χ2n) is 7.66. The first kappa shape index (κ1) is 20.1. The fraction of sp³-hybridized carbons (Fsp3) is 0.318. The Bertz CT molecular complexity index is 1090. The molecule has 5 rings (SSSR count). The van der Waals surface area contributed by atoms with E-state index in [1.807, 2.05) is 17.0 Å². The maximum absolute atomic E-state index is 13.2. The third-order valence-corrected chi connectivity index (χ3v) is 5.64. The zero-order valence-electron chi connectivity index (χ0n) is 17.3. The molecule has 10 nitrogen and oxygen atoms in total. The minimum Gasteiger partial charge on any atom is -0.467 e. The number of rotatable bonds is 5. The van der Waals surface area contributed by atoms with Crippen molar-refractivity contribution in [3.05, 3.63) is 72.6 Å². The van der Waals surface area contributed by atoms with Crippen LogP contribution >= 0.6 is 0 Å². The third-order valence-electron chi connectivity index (χ3n) is 5.64. The van der Waals surface area contributed by atoms with E-state index in [4.69, 9.17) is 8.83 Å². The van der Waals surface area contributed by atoms with E-state index in [1.165, 1.54) is 23.6 Å². The summed E-state index contributed by atoms with van der Waals surface area (Å²) in [5.74, 6) is 1.06. The van der Waals surface area contributed by atoms with Gasteiger partial charge in [0, 0.05) is 45.0 Å². The van der Waals surface area contributed by atoms with Crippen molar-refractivity contribution in [2.75, 3.05) is 32.7 Å². The molecular formula is C22H22N6O4. The SMILES string of the molecule is O=C(c1cnccn1)N1CCN(CC(=O)N2N=C(c3ccco3)CC2c2ccco2)CC1. The molecule has 1 fully saturated rings. The summed E-state index contributed by atoms with van der Waals surface area (Å²) in [4.78, 5) is 37.5. The summed E-state index contributed by atoms with van der Waals surface area (Å²) in [6, 6.07) is 6.97. The highest BCUT2D eigenvalue weighted by Crippen LogP contribution is 2.33. The van der Waals surface area contributed by atoms with Crippen LogP contribution in [0.1, 0.15) is 34.5 Å². The van der Waals surface area contributed by atoms with Crippen LogP contribution in [-0.4, -0.2) is 75.0 Å². The Morgan fingerprint density at radius 3 is 2.53 bits per heavy atom. The molecule has 0 spiro atoms. The first-order valence-electron chi connectivity index (χ1n) is 10.4. The average molecular weight is 434 g/mol. The van der Waals surface area contributed by atoms with Crippen LogP contribution < -0.4 is 0 Å². The lowest BCUT2D eigenvalue weighted by atomic mass is 10.1. The molecule has 1 unspecified atom stereocenters. The maximum Gasteiger partial charge on any atom is 0.274 e. The maximum atomic E-state index is 13.2. The van der Waals surface area contributed by atoms with Crippen LogP contribution in [0, 0.1) is 0 Å². The number of hydrazone groups is 1. The third kappa shape index (κ3) is 4.04. The van der Waals surface area contributed by atoms with E-state index in [1.54, 1.807) is 29.6 Å². The van der Waals surface area contributed by atoms with Crippen molar-refractivity contribution in [2.45, 2.75) is 12.5 Å². The van der Waals surface area contributed by atoms with Gasteiger partial charge in [0.05, 0.1) is 25.3 Å². The number of piperazine rings is 1. The molecule has 10 heteroatoms. The van der Waals surface area contributed by atoms with Gasteiger partial charge in [0.2, 0.25) is 0 Å². The number of furan rings is 2. The van der Waals surface area contributed by atoms with Gasteiger partial charge in [0.25, 0.3) is 11.8 Å². The van der Waals surface area contributed by atoms with Gasteiger partial charge >= 0.3 is 0 Å². The minimum absolute atomic E-state index is 0.123. The Morgan fingerprint density at radius 2 is 1.84 bits per heavy atom. The van der Waals surface area contributed by atoms with Crippen LogP contribution in [0.4, 0.5) is 0 Å². The van der Waals surface area contributed by atoms with Gasteiger partial charge in [-0.2, -0.15) is 5.10 Å². The summed E-state index contributed by atoms with van der Waals surface area (Å²) in [6.07, 6.45) is 8.21. The number of hydrogen-bond donors (Lipinski definition) is 0. The fourth-order valence-electron chi connectivity index (χ4n) is 3.98. The Kier molecular flexibility index (Phi) is 5.51. The molecule has 164 valence electrons. The zero-order chi connectivity index (χ0) is 21.9. The van der Waals surface area contributed by atoms with Gasteiger partial charge in [-0.05, 0) is 24.3 Å². The summed E-state index contributed by atoms with van der Waals surface area (Å²) in [6.45, 7) is 2.42. The van der Waals surface area contributed by atoms with E-state index >= 15 is 0 Å². The number of nitrogens with zero attached hydrogens (tertiary/aromatic N) is 6. The minimum atomic E-state index is -0.308. The largest absolute Gasteiger partial charge is 0.467 e. The van der Waals surface area contributed by atoms with Gasteiger partial charge in [0.15, 0.2) is 0 Å². The monoisotopic (exact) mass is 434 g/mol. The molecule has 0 saturated carbocycles. The van der Waals surface area contributed by atoms with Gasteiger partial charge in [0.1, 0.15) is 29.0 Å². The van der Waals surface area contributed by atoms with Crippen LogP contribution in [0.25, 0.3) is 0 Å². The van der Waals surface area contributed by atoms with E-state index < -0.39 is 0 Å². The molecule has 2 aliphatic rings. The lowest BCUT2D eigenvalue weighted by Gasteiger charge is -2.34. The van der Waals surface area contributed by atoms with Crippen LogP contribution in [0.2, 0.25) is 0 Å². The first-order chi connectivity index (χ1) is 15.7. The lowest BCUT2D eigenvalue weighted by Crippen LogP contribution is -2.51. The quantitative estimate of drug-likeness (QED) is 0.602. The number of aromatic nitrogens is 2. The lowest BCUT2D eigenvalue weighted by molar-refractivity contribution is -0.134. The van der Waals surface area contributed by atoms with Gasteiger partial charge in [-0.25, -0.2) is 9.99 Å². The molecule has 1 atom stereocenters. The molecular weight excluding hydrogens is 412 g/mol. The fourth-order valence-corrected chi connectivity index (χ4v) is 3.98.